The van der Waals surface area contributed by atoms with Gasteiger partial charge in [-0.3, -0.25) is 9.69 Å². The Kier molecular flexibility index (Phi) is 5.89. The first kappa shape index (κ1) is 22.2. The van der Waals surface area contributed by atoms with Crippen LogP contribution in [0.4, 0.5) is 17.2 Å². The van der Waals surface area contributed by atoms with Gasteiger partial charge >= 0.3 is 0 Å². The molecule has 0 N–H and O–H groups in total. The first-order valence-electron chi connectivity index (χ1n) is 10.7. The number of aryl methyl sites for hydroxylation is 1. The summed E-state index contributed by atoms with van der Waals surface area (Å²) in [5.41, 5.74) is 1.25. The van der Waals surface area contributed by atoms with Crippen molar-refractivity contribution in [3.8, 4) is 5.75 Å². The standard InChI is InChI=1S/C24H27N5O2S/c1-16-14-18(15-26-21(16)25-4)28-22(30)24(2,3)29(23(28)32)17-6-8-19(9-7-17)31-20-10-12-27(5)13-11-20/h6-9,14-15,20H,10-13H2,1-3,5H3. The topological polar surface area (TPSA) is 53.3 Å². The number of benzene rings is 1. The zero-order chi connectivity index (χ0) is 23.0. The summed E-state index contributed by atoms with van der Waals surface area (Å²) in [7, 11) is 2.13. The van der Waals surface area contributed by atoms with Gasteiger partial charge in [-0.05, 0) is 88.8 Å². The quantitative estimate of drug-likeness (QED) is 0.512. The summed E-state index contributed by atoms with van der Waals surface area (Å²) < 4.78 is 6.16. The molecule has 2 aliphatic rings. The van der Waals surface area contributed by atoms with Crippen LogP contribution in [0, 0.1) is 13.5 Å². The molecule has 1 aromatic heterocycles. The normalized spacial score (nSPS) is 19.3. The lowest BCUT2D eigenvalue weighted by Gasteiger charge is -2.30. The summed E-state index contributed by atoms with van der Waals surface area (Å²) in [5.74, 6) is 1.01. The Bertz CT molecular complexity index is 1080. The third kappa shape index (κ3) is 3.94. The van der Waals surface area contributed by atoms with Gasteiger partial charge in [-0.1, -0.05) is 6.57 Å². The summed E-state index contributed by atoms with van der Waals surface area (Å²) in [6.45, 7) is 14.8. The van der Waals surface area contributed by atoms with Gasteiger partial charge in [0.2, 0.25) is 0 Å². The maximum Gasteiger partial charge on any atom is 0.272 e. The predicted octanol–water partition coefficient (Wildman–Crippen LogP) is 4.33. The van der Waals surface area contributed by atoms with Crippen molar-refractivity contribution < 1.29 is 9.53 Å². The smallest absolute Gasteiger partial charge is 0.272 e. The number of anilines is 2. The third-order valence-corrected chi connectivity index (χ3v) is 6.50. The second-order valence-corrected chi connectivity index (χ2v) is 9.24. The summed E-state index contributed by atoms with van der Waals surface area (Å²) in [5, 5.41) is 0.390. The number of carbonyl (C=O) groups is 1. The van der Waals surface area contributed by atoms with Crippen LogP contribution in [0.1, 0.15) is 32.3 Å². The molecular formula is C24H27N5O2S. The summed E-state index contributed by atoms with van der Waals surface area (Å²) in [4.78, 5) is 26.6. The number of carbonyl (C=O) groups excluding carboxylic acids is 1. The SMILES string of the molecule is [C-]#[N+]c1ncc(N2C(=O)C(C)(C)N(c3ccc(OC4CCN(C)CC4)cc3)C2=S)cc1C. The van der Waals surface area contributed by atoms with Crippen molar-refractivity contribution >= 4 is 40.4 Å². The number of hydrogen-bond acceptors (Lipinski definition) is 5. The number of rotatable bonds is 4. The van der Waals surface area contributed by atoms with E-state index in [0.717, 1.165) is 37.4 Å². The van der Waals surface area contributed by atoms with E-state index in [4.69, 9.17) is 23.5 Å². The molecule has 0 aliphatic carbocycles. The molecule has 0 radical (unpaired) electrons. The number of amides is 1. The number of ether oxygens (including phenoxy) is 1. The Hall–Kier alpha value is -3.02. The van der Waals surface area contributed by atoms with E-state index < -0.39 is 5.54 Å². The fourth-order valence-electron chi connectivity index (χ4n) is 4.22. The summed E-state index contributed by atoms with van der Waals surface area (Å²) >= 11 is 5.74. The molecule has 0 saturated carbocycles. The summed E-state index contributed by atoms with van der Waals surface area (Å²) in [6, 6.07) is 9.55. The van der Waals surface area contributed by atoms with Crippen molar-refractivity contribution in [3.05, 3.63) is 53.5 Å². The lowest BCUT2D eigenvalue weighted by molar-refractivity contribution is -0.120. The first-order chi connectivity index (χ1) is 15.2. The number of nitrogens with zero attached hydrogens (tertiary/aromatic N) is 5. The van der Waals surface area contributed by atoms with Crippen molar-refractivity contribution in [1.82, 2.24) is 9.88 Å². The molecule has 7 nitrogen and oxygen atoms in total. The van der Waals surface area contributed by atoms with Crippen LogP contribution < -0.4 is 14.5 Å². The molecule has 166 valence electrons. The second-order valence-electron chi connectivity index (χ2n) is 8.88. The Morgan fingerprint density at radius 3 is 2.44 bits per heavy atom. The average molecular weight is 450 g/mol. The van der Waals surface area contributed by atoms with E-state index >= 15 is 0 Å². The highest BCUT2D eigenvalue weighted by Crippen LogP contribution is 2.37. The molecule has 0 atom stereocenters. The Labute approximate surface area is 194 Å². The van der Waals surface area contributed by atoms with E-state index in [1.807, 2.05) is 43.0 Å². The number of thiocarbonyl (C=S) groups is 1. The van der Waals surface area contributed by atoms with Gasteiger partial charge in [-0.25, -0.2) is 0 Å². The highest BCUT2D eigenvalue weighted by molar-refractivity contribution is 7.81. The molecule has 1 amide bonds. The van der Waals surface area contributed by atoms with Crippen LogP contribution in [0.2, 0.25) is 0 Å². The molecule has 2 fully saturated rings. The van der Waals surface area contributed by atoms with Crippen LogP contribution >= 0.6 is 12.2 Å². The van der Waals surface area contributed by atoms with Gasteiger partial charge < -0.3 is 19.4 Å². The molecule has 4 rings (SSSR count). The van der Waals surface area contributed by atoms with Crippen molar-refractivity contribution in [3.63, 3.8) is 0 Å². The molecule has 32 heavy (non-hydrogen) atoms. The maximum atomic E-state index is 13.3. The molecule has 2 saturated heterocycles. The van der Waals surface area contributed by atoms with E-state index in [2.05, 4.69) is 21.8 Å². The van der Waals surface area contributed by atoms with E-state index in [-0.39, 0.29) is 12.0 Å². The minimum absolute atomic E-state index is 0.133. The number of likely N-dealkylation sites (tertiary alicyclic amines) is 1. The molecule has 0 unspecified atom stereocenters. The van der Waals surface area contributed by atoms with Crippen LogP contribution in [-0.4, -0.2) is 52.7 Å². The number of hydrogen-bond donors (Lipinski definition) is 0. The van der Waals surface area contributed by atoms with Crippen molar-refractivity contribution in [2.75, 3.05) is 29.9 Å². The van der Waals surface area contributed by atoms with Crippen molar-refractivity contribution in [2.24, 2.45) is 0 Å². The number of piperidine rings is 1. The van der Waals surface area contributed by atoms with Crippen molar-refractivity contribution in [2.45, 2.75) is 45.3 Å². The second kappa shape index (κ2) is 8.49. The van der Waals surface area contributed by atoms with E-state index in [0.29, 0.717) is 22.2 Å². The fraction of sp³-hybridized carbons (Fsp3) is 0.417. The lowest BCUT2D eigenvalue weighted by atomic mass is 10.0. The van der Waals surface area contributed by atoms with E-state index in [1.165, 1.54) is 11.1 Å². The van der Waals surface area contributed by atoms with Gasteiger partial charge in [0.05, 0.1) is 5.69 Å². The monoisotopic (exact) mass is 449 g/mol. The van der Waals surface area contributed by atoms with Gasteiger partial charge in [0.1, 0.15) is 23.6 Å². The van der Waals surface area contributed by atoms with Crippen molar-refractivity contribution in [1.29, 1.82) is 0 Å². The summed E-state index contributed by atoms with van der Waals surface area (Å²) in [6.07, 6.45) is 3.80. The Morgan fingerprint density at radius 1 is 1.19 bits per heavy atom. The molecule has 0 spiro atoms. The first-order valence-corrected chi connectivity index (χ1v) is 11.1. The predicted molar refractivity (Wildman–Crippen MR) is 129 cm³/mol. The van der Waals surface area contributed by atoms with Gasteiger partial charge in [0.25, 0.3) is 11.7 Å². The Morgan fingerprint density at radius 2 is 1.84 bits per heavy atom. The fourth-order valence-corrected chi connectivity index (χ4v) is 4.74. The van der Waals surface area contributed by atoms with Crippen LogP contribution in [0.5, 0.6) is 5.75 Å². The highest BCUT2D eigenvalue weighted by Gasteiger charge is 2.50. The van der Waals surface area contributed by atoms with Gasteiger partial charge in [-0.2, -0.15) is 0 Å². The minimum atomic E-state index is -0.861. The largest absolute Gasteiger partial charge is 0.490 e. The number of aromatic nitrogens is 1. The molecule has 0 bridgehead atoms. The van der Waals surface area contributed by atoms with E-state index in [9.17, 15) is 4.79 Å². The Balaban J connectivity index is 1.56. The van der Waals surface area contributed by atoms with Gasteiger partial charge in [0.15, 0.2) is 5.11 Å². The van der Waals surface area contributed by atoms with Gasteiger partial charge in [0, 0.05) is 18.8 Å². The zero-order valence-corrected chi connectivity index (χ0v) is 19.6. The molecule has 2 aliphatic heterocycles. The molecule has 8 heteroatoms. The third-order valence-electron chi connectivity index (χ3n) is 6.13. The molecule has 3 heterocycles. The van der Waals surface area contributed by atoms with E-state index in [1.54, 1.807) is 13.0 Å². The molecular weight excluding hydrogens is 422 g/mol. The van der Waals surface area contributed by atoms with Crippen LogP contribution in [0.25, 0.3) is 4.85 Å². The lowest BCUT2D eigenvalue weighted by Crippen LogP contribution is -2.44. The van der Waals surface area contributed by atoms with Crippen LogP contribution in [0.15, 0.2) is 36.5 Å². The van der Waals surface area contributed by atoms with Crippen LogP contribution in [-0.2, 0) is 4.79 Å². The van der Waals surface area contributed by atoms with Crippen LogP contribution in [0.3, 0.4) is 0 Å². The maximum absolute atomic E-state index is 13.3. The highest BCUT2D eigenvalue weighted by atomic mass is 32.1. The molecule has 2 aromatic rings. The number of pyridine rings is 1. The minimum Gasteiger partial charge on any atom is -0.490 e. The zero-order valence-electron chi connectivity index (χ0n) is 18.8. The van der Waals surface area contributed by atoms with Gasteiger partial charge in [-0.15, -0.1) is 4.98 Å². The average Bonchev–Trinajstić information content (AvgIpc) is 2.94. The molecule has 1 aromatic carbocycles.